The number of benzene rings is 1. The lowest BCUT2D eigenvalue weighted by atomic mass is 9.95. The summed E-state index contributed by atoms with van der Waals surface area (Å²) in [5.41, 5.74) is 3.76. The van der Waals surface area contributed by atoms with Crippen LogP contribution in [0.4, 0.5) is 5.82 Å². The van der Waals surface area contributed by atoms with Crippen molar-refractivity contribution in [1.29, 1.82) is 5.26 Å². The van der Waals surface area contributed by atoms with Crippen LogP contribution in [0.2, 0.25) is 0 Å². The van der Waals surface area contributed by atoms with Crippen molar-refractivity contribution < 1.29 is 9.47 Å². The highest BCUT2D eigenvalue weighted by atomic mass is 16.6. The van der Waals surface area contributed by atoms with E-state index in [-0.39, 0.29) is 12.0 Å². The van der Waals surface area contributed by atoms with Crippen LogP contribution in [0.1, 0.15) is 31.1 Å². The number of aromatic nitrogens is 5. The fourth-order valence-electron chi connectivity index (χ4n) is 4.00. The van der Waals surface area contributed by atoms with Gasteiger partial charge in [-0.25, -0.2) is 9.97 Å². The maximum Gasteiger partial charge on any atom is 0.161 e. The molecule has 0 spiro atoms. The minimum absolute atomic E-state index is 0.00432. The molecule has 0 amide bonds. The summed E-state index contributed by atoms with van der Waals surface area (Å²) in [6, 6.07) is 10.2. The molecule has 0 saturated heterocycles. The summed E-state index contributed by atoms with van der Waals surface area (Å²) in [5.74, 6) is 2.53. The second kappa shape index (κ2) is 7.89. The van der Waals surface area contributed by atoms with E-state index in [0.717, 1.165) is 33.7 Å². The number of nitrogens with one attached hydrogen (secondary N) is 2. The van der Waals surface area contributed by atoms with Gasteiger partial charge in [0.2, 0.25) is 0 Å². The monoisotopic (exact) mass is 429 g/mol. The molecule has 5 rings (SSSR count). The van der Waals surface area contributed by atoms with E-state index >= 15 is 0 Å². The van der Waals surface area contributed by atoms with E-state index < -0.39 is 0 Å². The minimum Gasteiger partial charge on any atom is -0.486 e. The zero-order valence-corrected chi connectivity index (χ0v) is 18.1. The molecule has 0 unspecified atom stereocenters. The Labute approximate surface area is 185 Å². The van der Waals surface area contributed by atoms with Crippen LogP contribution in [0.5, 0.6) is 11.5 Å². The molecule has 0 fully saturated rings. The first-order valence-corrected chi connectivity index (χ1v) is 10.5. The lowest BCUT2D eigenvalue weighted by Gasteiger charge is -2.26. The normalized spacial score (nSPS) is 13.8. The first kappa shape index (κ1) is 19.9. The molecule has 3 aromatic heterocycles. The molecule has 9 heteroatoms. The number of fused-ring (bicyclic) bond motifs is 2. The SMILES string of the molecule is CC(C)[C@@H](Nc1ncnc2[nH]c(-c3cnn(C)c3C#N)cc12)c1ccc2c(c1)OCCO2. The molecule has 0 aliphatic carbocycles. The summed E-state index contributed by atoms with van der Waals surface area (Å²) >= 11 is 0. The molecule has 0 bridgehead atoms. The maximum absolute atomic E-state index is 9.49. The summed E-state index contributed by atoms with van der Waals surface area (Å²) < 4.78 is 13.0. The number of hydrogen-bond acceptors (Lipinski definition) is 7. The van der Waals surface area contributed by atoms with E-state index in [9.17, 15) is 5.26 Å². The number of H-pyrrole nitrogens is 1. The first-order chi connectivity index (χ1) is 15.5. The van der Waals surface area contributed by atoms with Crippen LogP contribution in [0.25, 0.3) is 22.3 Å². The molecule has 9 nitrogen and oxygen atoms in total. The molecule has 32 heavy (non-hydrogen) atoms. The maximum atomic E-state index is 9.49. The highest BCUT2D eigenvalue weighted by Gasteiger charge is 2.22. The highest BCUT2D eigenvalue weighted by Crippen LogP contribution is 2.37. The number of rotatable bonds is 5. The number of aromatic amines is 1. The second-order valence-electron chi connectivity index (χ2n) is 8.08. The Balaban J connectivity index is 1.52. The Bertz CT molecular complexity index is 1330. The molecular weight excluding hydrogens is 406 g/mol. The Morgan fingerprint density at radius 3 is 2.75 bits per heavy atom. The van der Waals surface area contributed by atoms with Crippen LogP contribution in [0.3, 0.4) is 0 Å². The van der Waals surface area contributed by atoms with Crippen LogP contribution < -0.4 is 14.8 Å². The average Bonchev–Trinajstić information content (AvgIpc) is 3.40. The molecule has 0 saturated carbocycles. The van der Waals surface area contributed by atoms with Gasteiger partial charge in [0.15, 0.2) is 11.5 Å². The van der Waals surface area contributed by atoms with Gasteiger partial charge in [0, 0.05) is 7.05 Å². The van der Waals surface area contributed by atoms with Crippen LogP contribution in [-0.2, 0) is 7.05 Å². The zero-order chi connectivity index (χ0) is 22.2. The van der Waals surface area contributed by atoms with Gasteiger partial charge in [0.05, 0.1) is 28.9 Å². The summed E-state index contributed by atoms with van der Waals surface area (Å²) in [4.78, 5) is 12.2. The number of aryl methyl sites for hydroxylation is 1. The van der Waals surface area contributed by atoms with Gasteiger partial charge >= 0.3 is 0 Å². The smallest absolute Gasteiger partial charge is 0.161 e. The number of ether oxygens (including phenoxy) is 2. The van der Waals surface area contributed by atoms with Gasteiger partial charge in [-0.3, -0.25) is 4.68 Å². The third kappa shape index (κ3) is 3.39. The van der Waals surface area contributed by atoms with Gasteiger partial charge in [0.25, 0.3) is 0 Å². The first-order valence-electron chi connectivity index (χ1n) is 10.5. The molecule has 4 aromatic rings. The highest BCUT2D eigenvalue weighted by molar-refractivity contribution is 5.92. The fourth-order valence-corrected chi connectivity index (χ4v) is 4.00. The molecule has 2 N–H and O–H groups in total. The third-order valence-electron chi connectivity index (χ3n) is 5.64. The number of hydrogen-bond donors (Lipinski definition) is 2. The van der Waals surface area contributed by atoms with Crippen molar-refractivity contribution in [2.75, 3.05) is 18.5 Å². The second-order valence-corrected chi connectivity index (χ2v) is 8.08. The summed E-state index contributed by atoms with van der Waals surface area (Å²) in [5, 5.41) is 18.1. The number of nitrogens with zero attached hydrogens (tertiary/aromatic N) is 5. The lowest BCUT2D eigenvalue weighted by Crippen LogP contribution is -2.19. The van der Waals surface area contributed by atoms with E-state index in [1.54, 1.807) is 17.9 Å². The molecule has 1 atom stereocenters. The van der Waals surface area contributed by atoms with Gasteiger partial charge in [-0.15, -0.1) is 0 Å². The van der Waals surface area contributed by atoms with Gasteiger partial charge in [-0.2, -0.15) is 10.4 Å². The van der Waals surface area contributed by atoms with Crippen LogP contribution in [-0.4, -0.2) is 37.9 Å². The molecule has 4 heterocycles. The predicted octanol–water partition coefficient (Wildman–Crippen LogP) is 3.81. The average molecular weight is 429 g/mol. The van der Waals surface area contributed by atoms with Crippen LogP contribution >= 0.6 is 0 Å². The standard InChI is InChI=1S/C23H23N7O2/c1-13(2)21(14-4-5-19-20(8-14)32-7-6-31-19)29-23-15-9-17(28-22(15)25-12-26-23)16-11-27-30(3)18(16)10-24/h4-5,8-9,11-13,21H,6-7H2,1-3H3,(H2,25,26,28,29)/t21-/m1/s1. The van der Waals surface area contributed by atoms with Crippen LogP contribution in [0.15, 0.2) is 36.8 Å². The van der Waals surface area contributed by atoms with Crippen molar-refractivity contribution >= 4 is 16.9 Å². The largest absolute Gasteiger partial charge is 0.486 e. The minimum atomic E-state index is -0.00432. The molecule has 0 radical (unpaired) electrons. The quantitative estimate of drug-likeness (QED) is 0.496. The van der Waals surface area contributed by atoms with Crippen LogP contribution in [0, 0.1) is 17.2 Å². The Morgan fingerprint density at radius 1 is 1.16 bits per heavy atom. The molecule has 1 aliphatic heterocycles. The van der Waals surface area contributed by atoms with E-state index in [4.69, 9.17) is 9.47 Å². The van der Waals surface area contributed by atoms with Gasteiger partial charge in [-0.05, 0) is 29.7 Å². The number of anilines is 1. The predicted molar refractivity (Wildman–Crippen MR) is 119 cm³/mol. The summed E-state index contributed by atoms with van der Waals surface area (Å²) in [7, 11) is 1.75. The Morgan fingerprint density at radius 2 is 1.97 bits per heavy atom. The molecule has 1 aromatic carbocycles. The van der Waals surface area contributed by atoms with E-state index in [1.165, 1.54) is 6.33 Å². The van der Waals surface area contributed by atoms with Crippen molar-refractivity contribution in [1.82, 2.24) is 24.7 Å². The van der Waals surface area contributed by atoms with Gasteiger partial charge < -0.3 is 19.8 Å². The Kier molecular flexibility index (Phi) is 4.90. The fraction of sp³-hybridized carbons (Fsp3) is 0.304. The van der Waals surface area contributed by atoms with Crippen molar-refractivity contribution in [2.24, 2.45) is 13.0 Å². The zero-order valence-electron chi connectivity index (χ0n) is 18.1. The third-order valence-corrected chi connectivity index (χ3v) is 5.64. The summed E-state index contributed by atoms with van der Waals surface area (Å²) in [6.07, 6.45) is 3.20. The molecular formula is C23H23N7O2. The van der Waals surface area contributed by atoms with Crippen molar-refractivity contribution in [3.63, 3.8) is 0 Å². The molecule has 1 aliphatic rings. The topological polar surface area (TPSA) is 114 Å². The van der Waals surface area contributed by atoms with E-state index in [0.29, 0.717) is 30.4 Å². The Hall–Kier alpha value is -4.06. The van der Waals surface area contributed by atoms with Gasteiger partial charge in [0.1, 0.15) is 42.8 Å². The van der Waals surface area contributed by atoms with Crippen molar-refractivity contribution in [2.45, 2.75) is 19.9 Å². The lowest BCUT2D eigenvalue weighted by molar-refractivity contribution is 0.171. The van der Waals surface area contributed by atoms with E-state index in [2.05, 4.69) is 51.4 Å². The number of nitriles is 1. The van der Waals surface area contributed by atoms with Gasteiger partial charge in [-0.1, -0.05) is 19.9 Å². The van der Waals surface area contributed by atoms with E-state index in [1.807, 2.05) is 18.2 Å². The van der Waals surface area contributed by atoms with Crippen molar-refractivity contribution in [3.8, 4) is 28.8 Å². The van der Waals surface area contributed by atoms with Crippen molar-refractivity contribution in [3.05, 3.63) is 48.0 Å². The molecule has 162 valence electrons. The summed E-state index contributed by atoms with van der Waals surface area (Å²) in [6.45, 7) is 5.43.